The van der Waals surface area contributed by atoms with Crippen LogP contribution in [-0.4, -0.2) is 13.2 Å². The fourth-order valence-corrected chi connectivity index (χ4v) is 1.90. The standard InChI is InChI=1S/C12H16FNO/c13-11-8-12-10(4-6-15-12)7-9(11)3-1-2-5-14/h7-8H,1-6,14H2. The zero-order valence-electron chi connectivity index (χ0n) is 8.76. The van der Waals surface area contributed by atoms with Gasteiger partial charge in [-0.3, -0.25) is 0 Å². The van der Waals surface area contributed by atoms with Gasteiger partial charge in [-0.15, -0.1) is 0 Å². The molecule has 0 aliphatic carbocycles. The van der Waals surface area contributed by atoms with Crippen LogP contribution < -0.4 is 10.5 Å². The number of ether oxygens (including phenoxy) is 1. The monoisotopic (exact) mass is 209 g/mol. The number of fused-ring (bicyclic) bond motifs is 1. The molecule has 1 aliphatic rings. The van der Waals surface area contributed by atoms with Crippen molar-refractivity contribution in [1.29, 1.82) is 0 Å². The molecule has 0 amide bonds. The molecular weight excluding hydrogens is 193 g/mol. The second-order valence-corrected chi connectivity index (χ2v) is 3.90. The molecule has 1 aromatic carbocycles. The van der Waals surface area contributed by atoms with E-state index in [-0.39, 0.29) is 5.82 Å². The van der Waals surface area contributed by atoms with Crippen molar-refractivity contribution in [2.45, 2.75) is 25.7 Å². The van der Waals surface area contributed by atoms with E-state index in [9.17, 15) is 4.39 Å². The molecule has 3 heteroatoms. The Morgan fingerprint density at radius 2 is 2.20 bits per heavy atom. The van der Waals surface area contributed by atoms with E-state index in [4.69, 9.17) is 10.5 Å². The van der Waals surface area contributed by atoms with Crippen LogP contribution in [0.3, 0.4) is 0 Å². The predicted octanol–water partition coefficient (Wildman–Crippen LogP) is 2.04. The Kier molecular flexibility index (Phi) is 3.21. The summed E-state index contributed by atoms with van der Waals surface area (Å²) in [4.78, 5) is 0. The van der Waals surface area contributed by atoms with Crippen molar-refractivity contribution in [3.8, 4) is 5.75 Å². The van der Waals surface area contributed by atoms with Crippen molar-refractivity contribution in [3.63, 3.8) is 0 Å². The van der Waals surface area contributed by atoms with E-state index in [0.717, 1.165) is 42.6 Å². The third-order valence-electron chi connectivity index (χ3n) is 2.76. The lowest BCUT2D eigenvalue weighted by molar-refractivity contribution is 0.355. The fourth-order valence-electron chi connectivity index (χ4n) is 1.90. The number of nitrogens with two attached hydrogens (primary N) is 1. The number of benzene rings is 1. The SMILES string of the molecule is NCCCCc1cc2c(cc1F)OCC2. The molecule has 1 aromatic rings. The summed E-state index contributed by atoms with van der Waals surface area (Å²) in [7, 11) is 0. The Hall–Kier alpha value is -1.09. The Morgan fingerprint density at radius 3 is 3.00 bits per heavy atom. The summed E-state index contributed by atoms with van der Waals surface area (Å²) >= 11 is 0. The van der Waals surface area contributed by atoms with Crippen LogP contribution in [0.2, 0.25) is 0 Å². The van der Waals surface area contributed by atoms with E-state index < -0.39 is 0 Å². The smallest absolute Gasteiger partial charge is 0.130 e. The van der Waals surface area contributed by atoms with Crippen LogP contribution in [0.5, 0.6) is 5.75 Å². The quantitative estimate of drug-likeness (QED) is 0.770. The second kappa shape index (κ2) is 4.62. The molecule has 0 saturated carbocycles. The van der Waals surface area contributed by atoms with E-state index in [1.54, 1.807) is 0 Å². The largest absolute Gasteiger partial charge is 0.493 e. The third-order valence-corrected chi connectivity index (χ3v) is 2.76. The van der Waals surface area contributed by atoms with E-state index in [0.29, 0.717) is 13.2 Å². The van der Waals surface area contributed by atoms with Crippen molar-refractivity contribution in [1.82, 2.24) is 0 Å². The molecule has 1 heterocycles. The van der Waals surface area contributed by atoms with Crippen LogP contribution in [0.25, 0.3) is 0 Å². The molecule has 0 radical (unpaired) electrons. The number of hydrogen-bond donors (Lipinski definition) is 1. The predicted molar refractivity (Wildman–Crippen MR) is 57.6 cm³/mol. The molecule has 2 nitrogen and oxygen atoms in total. The van der Waals surface area contributed by atoms with Crippen LogP contribution in [0.4, 0.5) is 4.39 Å². The Balaban J connectivity index is 2.10. The summed E-state index contributed by atoms with van der Waals surface area (Å²) in [6.07, 6.45) is 3.58. The Labute approximate surface area is 89.2 Å². The number of rotatable bonds is 4. The van der Waals surface area contributed by atoms with Gasteiger partial charge in [-0.2, -0.15) is 0 Å². The van der Waals surface area contributed by atoms with E-state index in [2.05, 4.69) is 0 Å². The summed E-state index contributed by atoms with van der Waals surface area (Å²) in [6, 6.07) is 3.45. The van der Waals surface area contributed by atoms with Crippen LogP contribution in [0.1, 0.15) is 24.0 Å². The summed E-state index contributed by atoms with van der Waals surface area (Å²) in [5.41, 5.74) is 7.34. The maximum atomic E-state index is 13.6. The van der Waals surface area contributed by atoms with Gasteiger partial charge < -0.3 is 10.5 Å². The molecule has 2 rings (SSSR count). The third kappa shape index (κ3) is 2.29. The van der Waals surface area contributed by atoms with Gasteiger partial charge in [0, 0.05) is 12.5 Å². The van der Waals surface area contributed by atoms with Crippen LogP contribution in [0.15, 0.2) is 12.1 Å². The zero-order valence-corrected chi connectivity index (χ0v) is 8.76. The average molecular weight is 209 g/mol. The molecule has 0 saturated heterocycles. The van der Waals surface area contributed by atoms with E-state index in [1.165, 1.54) is 6.07 Å². The Bertz CT molecular complexity index is 352. The van der Waals surface area contributed by atoms with E-state index in [1.807, 2.05) is 6.07 Å². The highest BCUT2D eigenvalue weighted by Gasteiger charge is 2.15. The van der Waals surface area contributed by atoms with E-state index >= 15 is 0 Å². The minimum Gasteiger partial charge on any atom is -0.493 e. The molecular formula is C12H16FNO. The highest BCUT2D eigenvalue weighted by molar-refractivity contribution is 5.40. The van der Waals surface area contributed by atoms with Gasteiger partial charge in [0.1, 0.15) is 11.6 Å². The first-order valence-corrected chi connectivity index (χ1v) is 5.45. The maximum absolute atomic E-state index is 13.6. The highest BCUT2D eigenvalue weighted by atomic mass is 19.1. The van der Waals surface area contributed by atoms with Gasteiger partial charge in [0.2, 0.25) is 0 Å². The first-order valence-electron chi connectivity index (χ1n) is 5.45. The Morgan fingerprint density at radius 1 is 1.33 bits per heavy atom. The van der Waals surface area contributed by atoms with Crippen LogP contribution in [0, 0.1) is 5.82 Å². The van der Waals surface area contributed by atoms with Gasteiger partial charge in [-0.25, -0.2) is 4.39 Å². The summed E-state index contributed by atoms with van der Waals surface area (Å²) < 4.78 is 18.9. The minimum absolute atomic E-state index is 0.146. The molecule has 0 fully saturated rings. The number of aryl methyl sites for hydroxylation is 1. The van der Waals surface area contributed by atoms with Gasteiger partial charge >= 0.3 is 0 Å². The number of halogens is 1. The van der Waals surface area contributed by atoms with Crippen molar-refractivity contribution < 1.29 is 9.13 Å². The van der Waals surface area contributed by atoms with Crippen molar-refractivity contribution in [3.05, 3.63) is 29.1 Å². The number of hydrogen-bond acceptors (Lipinski definition) is 2. The lowest BCUT2D eigenvalue weighted by atomic mass is 10.0. The lowest BCUT2D eigenvalue weighted by Crippen LogP contribution is -2.00. The summed E-state index contributed by atoms with van der Waals surface area (Å²) in [5.74, 6) is 0.572. The van der Waals surface area contributed by atoms with Gasteiger partial charge in [-0.05, 0) is 43.0 Å². The van der Waals surface area contributed by atoms with Crippen molar-refractivity contribution in [2.24, 2.45) is 5.73 Å². The number of unbranched alkanes of at least 4 members (excludes halogenated alkanes) is 1. The molecule has 0 spiro atoms. The van der Waals surface area contributed by atoms with Gasteiger partial charge in [0.05, 0.1) is 6.61 Å². The maximum Gasteiger partial charge on any atom is 0.130 e. The van der Waals surface area contributed by atoms with Gasteiger partial charge in [0.15, 0.2) is 0 Å². The van der Waals surface area contributed by atoms with Gasteiger partial charge in [-0.1, -0.05) is 0 Å². The normalized spacial score (nSPS) is 13.7. The topological polar surface area (TPSA) is 35.2 Å². The lowest BCUT2D eigenvalue weighted by Gasteiger charge is -2.05. The summed E-state index contributed by atoms with van der Waals surface area (Å²) in [5, 5.41) is 0. The average Bonchev–Trinajstić information content (AvgIpc) is 2.65. The fraction of sp³-hybridized carbons (Fsp3) is 0.500. The molecule has 82 valence electrons. The van der Waals surface area contributed by atoms with Crippen LogP contribution in [-0.2, 0) is 12.8 Å². The molecule has 0 bridgehead atoms. The molecule has 0 atom stereocenters. The van der Waals surface area contributed by atoms with Gasteiger partial charge in [0.25, 0.3) is 0 Å². The van der Waals surface area contributed by atoms with Crippen molar-refractivity contribution in [2.75, 3.05) is 13.2 Å². The molecule has 0 aromatic heterocycles. The van der Waals surface area contributed by atoms with Crippen molar-refractivity contribution >= 4 is 0 Å². The molecule has 1 aliphatic heterocycles. The summed E-state index contributed by atoms with van der Waals surface area (Å²) in [6.45, 7) is 1.36. The first kappa shape index (κ1) is 10.4. The van der Waals surface area contributed by atoms with Crippen LogP contribution >= 0.6 is 0 Å². The molecule has 0 unspecified atom stereocenters. The minimum atomic E-state index is -0.146. The highest BCUT2D eigenvalue weighted by Crippen LogP contribution is 2.28. The molecule has 2 N–H and O–H groups in total. The zero-order chi connectivity index (χ0) is 10.7. The second-order valence-electron chi connectivity index (χ2n) is 3.90. The first-order chi connectivity index (χ1) is 7.31. The molecule has 15 heavy (non-hydrogen) atoms.